The van der Waals surface area contributed by atoms with Crippen molar-refractivity contribution in [3.63, 3.8) is 0 Å². The number of nitrogens with two attached hydrogens (primary N) is 1. The Kier molecular flexibility index (Phi) is 3.63. The maximum atomic E-state index is 10.9. The van der Waals surface area contributed by atoms with Crippen LogP contribution in [0.1, 0.15) is 25.8 Å². The summed E-state index contributed by atoms with van der Waals surface area (Å²) in [7, 11) is 0. The number of ketones is 1. The molecule has 1 heterocycles. The Morgan fingerprint density at radius 1 is 1.64 bits per heavy atom. The van der Waals surface area contributed by atoms with Crippen molar-refractivity contribution in [1.29, 1.82) is 0 Å². The summed E-state index contributed by atoms with van der Waals surface area (Å²) in [6.07, 6.45) is 3.10. The number of hydrogen-bond donors (Lipinski definition) is 1. The summed E-state index contributed by atoms with van der Waals surface area (Å²) in [4.78, 5) is 14.9. The molecule has 0 aliphatic carbocycles. The SMILES string of the molecule is CC(=O)CC(C)Cc1cccnc1N. The van der Waals surface area contributed by atoms with Crippen LogP contribution in [0.15, 0.2) is 18.3 Å². The van der Waals surface area contributed by atoms with E-state index in [1.807, 2.05) is 19.1 Å². The monoisotopic (exact) mass is 192 g/mol. The molecule has 0 spiro atoms. The van der Waals surface area contributed by atoms with E-state index >= 15 is 0 Å². The Morgan fingerprint density at radius 2 is 2.36 bits per heavy atom. The molecule has 0 bridgehead atoms. The van der Waals surface area contributed by atoms with Gasteiger partial charge in [-0.3, -0.25) is 0 Å². The van der Waals surface area contributed by atoms with E-state index in [4.69, 9.17) is 5.73 Å². The van der Waals surface area contributed by atoms with Crippen molar-refractivity contribution in [2.24, 2.45) is 5.92 Å². The first-order valence-electron chi connectivity index (χ1n) is 4.78. The third-order valence-corrected chi connectivity index (χ3v) is 2.13. The fourth-order valence-electron chi connectivity index (χ4n) is 1.56. The second kappa shape index (κ2) is 4.74. The number of Topliss-reactive ketones (excluding diaryl/α,β-unsaturated/α-hetero) is 1. The Labute approximate surface area is 84.3 Å². The zero-order valence-corrected chi connectivity index (χ0v) is 8.66. The molecule has 14 heavy (non-hydrogen) atoms. The topological polar surface area (TPSA) is 56.0 Å². The largest absolute Gasteiger partial charge is 0.383 e. The molecule has 0 fully saturated rings. The first-order valence-corrected chi connectivity index (χ1v) is 4.78. The molecule has 1 aromatic heterocycles. The first kappa shape index (κ1) is 10.7. The van der Waals surface area contributed by atoms with E-state index < -0.39 is 0 Å². The summed E-state index contributed by atoms with van der Waals surface area (Å²) in [5.41, 5.74) is 6.73. The average molecular weight is 192 g/mol. The molecule has 0 radical (unpaired) electrons. The zero-order chi connectivity index (χ0) is 10.6. The van der Waals surface area contributed by atoms with Gasteiger partial charge in [0.15, 0.2) is 0 Å². The Morgan fingerprint density at radius 3 is 2.93 bits per heavy atom. The van der Waals surface area contributed by atoms with E-state index in [2.05, 4.69) is 4.98 Å². The van der Waals surface area contributed by atoms with Gasteiger partial charge in [0.1, 0.15) is 11.6 Å². The van der Waals surface area contributed by atoms with E-state index in [-0.39, 0.29) is 5.78 Å². The molecule has 1 aromatic rings. The lowest BCUT2D eigenvalue weighted by Gasteiger charge is -2.10. The second-order valence-corrected chi connectivity index (χ2v) is 3.76. The highest BCUT2D eigenvalue weighted by Crippen LogP contribution is 2.15. The maximum Gasteiger partial charge on any atom is 0.130 e. The number of hydrogen-bond acceptors (Lipinski definition) is 3. The van der Waals surface area contributed by atoms with Crippen molar-refractivity contribution in [3.05, 3.63) is 23.9 Å². The third-order valence-electron chi connectivity index (χ3n) is 2.13. The van der Waals surface area contributed by atoms with Gasteiger partial charge in [0.2, 0.25) is 0 Å². The molecule has 0 aliphatic rings. The number of pyridine rings is 1. The molecule has 3 nitrogen and oxygen atoms in total. The van der Waals surface area contributed by atoms with Crippen molar-refractivity contribution in [1.82, 2.24) is 4.98 Å². The summed E-state index contributed by atoms with van der Waals surface area (Å²) >= 11 is 0. The number of aromatic nitrogens is 1. The highest BCUT2D eigenvalue weighted by Gasteiger charge is 2.08. The van der Waals surface area contributed by atoms with Crippen LogP contribution in [0.5, 0.6) is 0 Å². The third kappa shape index (κ3) is 3.17. The molecule has 76 valence electrons. The summed E-state index contributed by atoms with van der Waals surface area (Å²) in [6.45, 7) is 3.66. The fraction of sp³-hybridized carbons (Fsp3) is 0.455. The van der Waals surface area contributed by atoms with Crippen LogP contribution in [0.2, 0.25) is 0 Å². The highest BCUT2D eigenvalue weighted by atomic mass is 16.1. The van der Waals surface area contributed by atoms with Gasteiger partial charge in [-0.25, -0.2) is 4.98 Å². The number of nitrogens with zero attached hydrogens (tertiary/aromatic N) is 1. The molecular formula is C11H16N2O. The van der Waals surface area contributed by atoms with Crippen LogP contribution in [-0.4, -0.2) is 10.8 Å². The minimum atomic E-state index is 0.222. The normalized spacial score (nSPS) is 12.4. The summed E-state index contributed by atoms with van der Waals surface area (Å²) in [6, 6.07) is 3.82. The van der Waals surface area contributed by atoms with Gasteiger partial charge in [-0.05, 0) is 30.9 Å². The smallest absolute Gasteiger partial charge is 0.130 e. The van der Waals surface area contributed by atoms with Gasteiger partial charge in [0.25, 0.3) is 0 Å². The predicted molar refractivity (Wildman–Crippen MR) is 56.8 cm³/mol. The van der Waals surface area contributed by atoms with Gasteiger partial charge < -0.3 is 10.5 Å². The molecule has 1 rings (SSSR count). The molecule has 0 aromatic carbocycles. The highest BCUT2D eigenvalue weighted by molar-refractivity contribution is 5.75. The van der Waals surface area contributed by atoms with Crippen LogP contribution in [0, 0.1) is 5.92 Å². The molecule has 1 atom stereocenters. The Balaban J connectivity index is 2.60. The average Bonchev–Trinajstić information content (AvgIpc) is 2.07. The van der Waals surface area contributed by atoms with Crippen LogP contribution in [0.3, 0.4) is 0 Å². The van der Waals surface area contributed by atoms with Crippen LogP contribution in [0.4, 0.5) is 5.82 Å². The van der Waals surface area contributed by atoms with Crippen molar-refractivity contribution in [2.45, 2.75) is 26.7 Å². The van der Waals surface area contributed by atoms with Gasteiger partial charge in [-0.15, -0.1) is 0 Å². The molecule has 3 heteroatoms. The van der Waals surface area contributed by atoms with E-state index in [0.29, 0.717) is 18.2 Å². The number of nitrogen functional groups attached to an aromatic ring is 1. The van der Waals surface area contributed by atoms with Crippen molar-refractivity contribution < 1.29 is 4.79 Å². The lowest BCUT2D eigenvalue weighted by atomic mass is 9.97. The lowest BCUT2D eigenvalue weighted by molar-refractivity contribution is -0.117. The van der Waals surface area contributed by atoms with Gasteiger partial charge >= 0.3 is 0 Å². The lowest BCUT2D eigenvalue weighted by Crippen LogP contribution is -2.07. The predicted octanol–water partition coefficient (Wildman–Crippen LogP) is 1.82. The van der Waals surface area contributed by atoms with Crippen molar-refractivity contribution >= 4 is 11.6 Å². The molecule has 0 saturated heterocycles. The quantitative estimate of drug-likeness (QED) is 0.791. The van der Waals surface area contributed by atoms with Gasteiger partial charge in [0.05, 0.1) is 0 Å². The molecule has 0 saturated carbocycles. The van der Waals surface area contributed by atoms with Crippen LogP contribution >= 0.6 is 0 Å². The minimum absolute atomic E-state index is 0.222. The van der Waals surface area contributed by atoms with Crippen molar-refractivity contribution in [3.8, 4) is 0 Å². The van der Waals surface area contributed by atoms with E-state index in [1.54, 1.807) is 13.1 Å². The number of anilines is 1. The standard InChI is InChI=1S/C11H16N2O/c1-8(6-9(2)14)7-10-4-3-5-13-11(10)12/h3-5,8H,6-7H2,1-2H3,(H2,12,13). The zero-order valence-electron chi connectivity index (χ0n) is 8.66. The Hall–Kier alpha value is -1.38. The van der Waals surface area contributed by atoms with Crippen LogP contribution < -0.4 is 5.73 Å². The number of rotatable bonds is 4. The van der Waals surface area contributed by atoms with E-state index in [9.17, 15) is 4.79 Å². The molecule has 2 N–H and O–H groups in total. The van der Waals surface area contributed by atoms with E-state index in [1.165, 1.54) is 0 Å². The number of carbonyl (C=O) groups is 1. The van der Waals surface area contributed by atoms with Gasteiger partial charge in [-0.2, -0.15) is 0 Å². The van der Waals surface area contributed by atoms with Crippen LogP contribution in [-0.2, 0) is 11.2 Å². The number of carbonyl (C=O) groups excluding carboxylic acids is 1. The molecule has 1 unspecified atom stereocenters. The molecule has 0 amide bonds. The van der Waals surface area contributed by atoms with Crippen molar-refractivity contribution in [2.75, 3.05) is 5.73 Å². The Bertz CT molecular complexity index is 323. The summed E-state index contributed by atoms with van der Waals surface area (Å²) in [5, 5.41) is 0. The van der Waals surface area contributed by atoms with E-state index in [0.717, 1.165) is 12.0 Å². The maximum absolute atomic E-state index is 10.9. The van der Waals surface area contributed by atoms with Gasteiger partial charge in [0, 0.05) is 12.6 Å². The first-order chi connectivity index (χ1) is 6.59. The fourth-order valence-corrected chi connectivity index (χ4v) is 1.56. The summed E-state index contributed by atoms with van der Waals surface area (Å²) < 4.78 is 0. The summed E-state index contributed by atoms with van der Waals surface area (Å²) in [5.74, 6) is 1.13. The molecule has 0 aliphatic heterocycles. The van der Waals surface area contributed by atoms with Gasteiger partial charge in [-0.1, -0.05) is 13.0 Å². The second-order valence-electron chi connectivity index (χ2n) is 3.76. The molecular weight excluding hydrogens is 176 g/mol. The minimum Gasteiger partial charge on any atom is -0.383 e. The van der Waals surface area contributed by atoms with Crippen LogP contribution in [0.25, 0.3) is 0 Å².